The molecule has 0 fully saturated rings. The van der Waals surface area contributed by atoms with Gasteiger partial charge in [0.15, 0.2) is 0 Å². The molecule has 218 valence electrons. The molecule has 1 heteroatoms. The first-order valence-corrected chi connectivity index (χ1v) is 16.8. The Morgan fingerprint density at radius 2 is 1.40 bits per heavy atom. The van der Waals surface area contributed by atoms with E-state index in [4.69, 9.17) is 0 Å². The Hall–Kier alpha value is -2.89. The molecule has 1 atom stereocenters. The van der Waals surface area contributed by atoms with Crippen molar-refractivity contribution < 1.29 is 24.2 Å². The van der Waals surface area contributed by atoms with Gasteiger partial charge in [0.05, 0.1) is 0 Å². The average Bonchev–Trinajstić information content (AvgIpc) is 3.64. The van der Waals surface area contributed by atoms with E-state index in [-0.39, 0.29) is 16.2 Å². The standard InChI is InChI=1S/C29H35.C13H10.Zr/c1-18-19(2)29(9,28(6,7)8)26(20-12-10-11-13-20)24-17-21-16-22(27(3,4)5)14-15-23(21)25(18)24;1-3-7-12(8-4-1)11-13-9-5-2-6-10-13;/h10-12,14-16H,13H2,1-9H3;1-10H;/q-1;;. The number of benzene rings is 3. The van der Waals surface area contributed by atoms with Gasteiger partial charge < -0.3 is 0 Å². The van der Waals surface area contributed by atoms with E-state index < -0.39 is 0 Å². The quantitative estimate of drug-likeness (QED) is 0.251. The van der Waals surface area contributed by atoms with Gasteiger partial charge in [0, 0.05) is 0 Å². The molecule has 3 aliphatic carbocycles. The summed E-state index contributed by atoms with van der Waals surface area (Å²) >= 11 is 1.46. The Labute approximate surface area is 274 Å². The molecule has 0 bridgehead atoms. The molecule has 0 radical (unpaired) electrons. The number of hydrogen-bond acceptors (Lipinski definition) is 0. The summed E-state index contributed by atoms with van der Waals surface area (Å²) in [6.45, 7) is 21.2. The molecule has 0 saturated heterocycles. The first kappa shape index (κ1) is 31.5. The molecule has 0 nitrogen and oxygen atoms in total. The predicted molar refractivity (Wildman–Crippen MR) is 182 cm³/mol. The van der Waals surface area contributed by atoms with Crippen LogP contribution in [0.3, 0.4) is 0 Å². The van der Waals surface area contributed by atoms with Crippen molar-refractivity contribution in [2.24, 2.45) is 10.8 Å². The average molecular weight is 641 g/mol. The van der Waals surface area contributed by atoms with Gasteiger partial charge in [0.1, 0.15) is 0 Å². The van der Waals surface area contributed by atoms with Crippen LogP contribution >= 0.6 is 0 Å². The second kappa shape index (κ2) is 11.9. The fourth-order valence-electron chi connectivity index (χ4n) is 6.67. The predicted octanol–water partition coefficient (Wildman–Crippen LogP) is 9.19. The van der Waals surface area contributed by atoms with Crippen molar-refractivity contribution in [3.05, 3.63) is 152 Å². The van der Waals surface area contributed by atoms with E-state index in [1.54, 1.807) is 0 Å². The Bertz CT molecular complexity index is 1770. The number of rotatable bonds is 3. The van der Waals surface area contributed by atoms with Gasteiger partial charge >= 0.3 is 99.2 Å². The first-order chi connectivity index (χ1) is 20.2. The minimum atomic E-state index is -0.0182. The SMILES string of the molecule is CC1=C(C)C(C)(C(C)(C)C)C(C2=CC=CC2)=C2[C-]=c3cc(C(C)(C)C)ccc3=C12.[Zr]=[C](c1ccccc1)c1ccccc1. The second-order valence-electron chi connectivity index (χ2n) is 14.3. The summed E-state index contributed by atoms with van der Waals surface area (Å²) in [4.78, 5) is 0. The Kier molecular flexibility index (Phi) is 8.72. The number of hydrogen-bond donors (Lipinski definition) is 0. The van der Waals surface area contributed by atoms with Gasteiger partial charge in [-0.15, -0.1) is 33.7 Å². The molecule has 0 aliphatic heterocycles. The zero-order chi connectivity index (χ0) is 31.2. The zero-order valence-corrected chi connectivity index (χ0v) is 29.9. The van der Waals surface area contributed by atoms with E-state index in [9.17, 15) is 0 Å². The van der Waals surface area contributed by atoms with E-state index in [1.807, 2.05) is 0 Å². The van der Waals surface area contributed by atoms with Crippen LogP contribution in [-0.4, -0.2) is 3.21 Å². The Morgan fingerprint density at radius 3 is 1.88 bits per heavy atom. The van der Waals surface area contributed by atoms with Crippen LogP contribution in [0.4, 0.5) is 0 Å². The number of fused-ring (bicyclic) bond motifs is 2. The molecule has 0 aromatic heterocycles. The van der Waals surface area contributed by atoms with Gasteiger partial charge in [-0.3, -0.25) is 0 Å². The molecule has 3 aromatic carbocycles. The van der Waals surface area contributed by atoms with E-state index in [1.165, 1.54) is 88.0 Å². The maximum atomic E-state index is 3.89. The van der Waals surface area contributed by atoms with Crippen LogP contribution in [0.25, 0.3) is 11.6 Å². The van der Waals surface area contributed by atoms with E-state index in [2.05, 4.69) is 165 Å². The summed E-state index contributed by atoms with van der Waals surface area (Å²) < 4.78 is 1.42. The molecule has 0 saturated carbocycles. The second-order valence-corrected chi connectivity index (χ2v) is 15.5. The van der Waals surface area contributed by atoms with Crippen LogP contribution in [-0.2, 0) is 29.7 Å². The monoisotopic (exact) mass is 639 g/mol. The van der Waals surface area contributed by atoms with Crippen molar-refractivity contribution in [2.75, 3.05) is 0 Å². The first-order valence-electron chi connectivity index (χ1n) is 15.5. The van der Waals surface area contributed by atoms with Gasteiger partial charge in [0.25, 0.3) is 0 Å². The Morgan fingerprint density at radius 1 is 0.814 bits per heavy atom. The summed E-state index contributed by atoms with van der Waals surface area (Å²) in [6, 6.07) is 28.1. The molecule has 3 aromatic rings. The molecule has 1 unspecified atom stereocenters. The molecule has 6 rings (SSSR count). The van der Waals surface area contributed by atoms with Crippen LogP contribution in [0.15, 0.2) is 125 Å². The van der Waals surface area contributed by atoms with Gasteiger partial charge in [-0.2, -0.15) is 0 Å². The summed E-state index contributed by atoms with van der Waals surface area (Å²) in [5.41, 5.74) is 12.9. The van der Waals surface area contributed by atoms with Gasteiger partial charge in [0.2, 0.25) is 0 Å². The van der Waals surface area contributed by atoms with Crippen molar-refractivity contribution in [1.82, 2.24) is 0 Å². The van der Waals surface area contributed by atoms with Crippen molar-refractivity contribution in [2.45, 2.75) is 74.1 Å². The molecule has 43 heavy (non-hydrogen) atoms. The third-order valence-corrected chi connectivity index (χ3v) is 11.2. The zero-order valence-electron chi connectivity index (χ0n) is 27.4. The van der Waals surface area contributed by atoms with E-state index in [0.717, 1.165) is 6.42 Å². The third kappa shape index (κ3) is 5.83. The topological polar surface area (TPSA) is 0 Å². The van der Waals surface area contributed by atoms with Crippen LogP contribution in [0, 0.1) is 10.8 Å². The maximum absolute atomic E-state index is 3.89. The molecular formula is C42H45Zr-. The molecule has 3 aliphatic rings. The van der Waals surface area contributed by atoms with Crippen molar-refractivity contribution in [1.29, 1.82) is 0 Å². The third-order valence-electron chi connectivity index (χ3n) is 9.82. The van der Waals surface area contributed by atoms with Crippen molar-refractivity contribution in [3.8, 4) is 0 Å². The molecular weight excluding hydrogens is 596 g/mol. The van der Waals surface area contributed by atoms with Gasteiger partial charge in [-0.05, 0) is 36.5 Å². The summed E-state index contributed by atoms with van der Waals surface area (Å²) in [7, 11) is 0. The summed E-state index contributed by atoms with van der Waals surface area (Å²) in [5.74, 6) is 0. The van der Waals surface area contributed by atoms with Crippen molar-refractivity contribution in [3.63, 3.8) is 0 Å². The fraction of sp³-hybridized carbons (Fsp3) is 0.310. The van der Waals surface area contributed by atoms with E-state index in [0.29, 0.717) is 0 Å². The molecule has 0 N–H and O–H groups in total. The Balaban J connectivity index is 0.000000220. The molecule has 0 heterocycles. The van der Waals surface area contributed by atoms with Crippen molar-refractivity contribution >= 4 is 14.9 Å². The van der Waals surface area contributed by atoms with Crippen LogP contribution in [0.5, 0.6) is 0 Å². The minimum absolute atomic E-state index is 0.0182. The van der Waals surface area contributed by atoms with Gasteiger partial charge in [-0.1, -0.05) is 107 Å². The van der Waals surface area contributed by atoms with Crippen LogP contribution in [0.1, 0.15) is 85.4 Å². The summed E-state index contributed by atoms with van der Waals surface area (Å²) in [5, 5.41) is 2.61. The summed E-state index contributed by atoms with van der Waals surface area (Å²) in [6.07, 6.45) is 11.7. The van der Waals surface area contributed by atoms with Gasteiger partial charge in [-0.25, -0.2) is 0 Å². The molecule has 0 amide bonds. The van der Waals surface area contributed by atoms with E-state index >= 15 is 0 Å². The number of allylic oxidation sites excluding steroid dienone is 8. The molecule has 0 spiro atoms. The van der Waals surface area contributed by atoms with Crippen LogP contribution < -0.4 is 10.4 Å². The van der Waals surface area contributed by atoms with Crippen LogP contribution in [0.2, 0.25) is 0 Å². The fourth-order valence-corrected chi connectivity index (χ4v) is 7.49. The normalized spacial score (nSPS) is 19.3.